The number of aliphatic hydroxyl groups excluding tert-OH is 1. The van der Waals surface area contributed by atoms with E-state index < -0.39 is 12.0 Å². The van der Waals surface area contributed by atoms with Crippen molar-refractivity contribution >= 4 is 5.97 Å². The van der Waals surface area contributed by atoms with Gasteiger partial charge in [0.1, 0.15) is 6.04 Å². The molecule has 0 amide bonds. The Balaban J connectivity index is 4.02. The zero-order valence-electron chi connectivity index (χ0n) is 10.6. The summed E-state index contributed by atoms with van der Waals surface area (Å²) in [6.45, 7) is 7.01. The van der Waals surface area contributed by atoms with E-state index in [1.807, 2.05) is 6.92 Å². The highest BCUT2D eigenvalue weighted by Gasteiger charge is 2.22. The summed E-state index contributed by atoms with van der Waals surface area (Å²) in [5.74, 6) is -0.778. The third-order valence-electron chi connectivity index (χ3n) is 2.71. The second-order valence-corrected chi connectivity index (χ2v) is 5.05. The van der Waals surface area contributed by atoms with E-state index in [9.17, 15) is 4.79 Å². The largest absolute Gasteiger partial charge is 0.480 e. The van der Waals surface area contributed by atoms with Gasteiger partial charge in [-0.25, -0.2) is 0 Å². The van der Waals surface area contributed by atoms with Crippen LogP contribution in [0, 0.1) is 5.41 Å². The lowest BCUT2D eigenvalue weighted by molar-refractivity contribution is -0.139. The molecule has 3 N–H and O–H groups in total. The van der Waals surface area contributed by atoms with Crippen molar-refractivity contribution in [1.82, 2.24) is 5.32 Å². The first kappa shape index (κ1) is 15.4. The van der Waals surface area contributed by atoms with Crippen molar-refractivity contribution in [1.29, 1.82) is 0 Å². The second-order valence-electron chi connectivity index (χ2n) is 5.05. The predicted octanol–water partition coefficient (Wildman–Crippen LogP) is 1.63. The Labute approximate surface area is 98.1 Å². The van der Waals surface area contributed by atoms with E-state index in [4.69, 9.17) is 10.2 Å². The summed E-state index contributed by atoms with van der Waals surface area (Å²) < 4.78 is 0. The minimum Gasteiger partial charge on any atom is -0.480 e. The highest BCUT2D eigenvalue weighted by Crippen LogP contribution is 2.21. The first-order chi connectivity index (χ1) is 7.43. The molecule has 16 heavy (non-hydrogen) atoms. The van der Waals surface area contributed by atoms with E-state index in [1.54, 1.807) is 0 Å². The molecule has 0 saturated carbocycles. The Hall–Kier alpha value is -0.610. The van der Waals surface area contributed by atoms with Gasteiger partial charge in [0.15, 0.2) is 0 Å². The summed E-state index contributed by atoms with van der Waals surface area (Å²) in [5.41, 5.74) is 0.0319. The second kappa shape index (κ2) is 7.63. The lowest BCUT2D eigenvalue weighted by Gasteiger charge is -2.26. The van der Waals surface area contributed by atoms with E-state index in [-0.39, 0.29) is 12.0 Å². The maximum atomic E-state index is 10.9. The highest BCUT2D eigenvalue weighted by molar-refractivity contribution is 5.73. The van der Waals surface area contributed by atoms with Crippen LogP contribution >= 0.6 is 0 Å². The van der Waals surface area contributed by atoms with Crippen LogP contribution in [0.25, 0.3) is 0 Å². The topological polar surface area (TPSA) is 69.6 Å². The van der Waals surface area contributed by atoms with Crippen molar-refractivity contribution < 1.29 is 15.0 Å². The number of carbonyl (C=O) groups is 1. The molecule has 0 fully saturated rings. The zero-order valence-corrected chi connectivity index (χ0v) is 10.6. The molecule has 4 nitrogen and oxygen atoms in total. The van der Waals surface area contributed by atoms with Crippen molar-refractivity contribution in [2.24, 2.45) is 5.41 Å². The van der Waals surface area contributed by atoms with Gasteiger partial charge in [0, 0.05) is 13.2 Å². The van der Waals surface area contributed by atoms with E-state index >= 15 is 0 Å². The molecule has 0 aromatic carbocycles. The average molecular weight is 231 g/mol. The Bertz CT molecular complexity index is 204. The number of rotatable bonds is 9. The van der Waals surface area contributed by atoms with Gasteiger partial charge in [-0.15, -0.1) is 0 Å². The number of hydrogen-bond donors (Lipinski definition) is 3. The standard InChI is InChI=1S/C12H25NO3/c1-4-6-10(11(15)16)13-9-12(2,3)7-5-8-14/h10,13-14H,4-9H2,1-3H3,(H,15,16). The normalized spacial score (nSPS) is 13.8. The fourth-order valence-electron chi connectivity index (χ4n) is 1.65. The molecule has 0 aromatic rings. The van der Waals surface area contributed by atoms with Crippen LogP contribution in [0.1, 0.15) is 46.5 Å². The first-order valence-electron chi connectivity index (χ1n) is 6.00. The van der Waals surface area contributed by atoms with Crippen molar-refractivity contribution in [3.05, 3.63) is 0 Å². The van der Waals surface area contributed by atoms with Gasteiger partial charge < -0.3 is 15.5 Å². The molecule has 1 unspecified atom stereocenters. The highest BCUT2D eigenvalue weighted by atomic mass is 16.4. The molecule has 0 spiro atoms. The van der Waals surface area contributed by atoms with Crippen LogP contribution in [0.5, 0.6) is 0 Å². The van der Waals surface area contributed by atoms with Gasteiger partial charge in [0.05, 0.1) is 0 Å². The quantitative estimate of drug-likeness (QED) is 0.564. The summed E-state index contributed by atoms with van der Waals surface area (Å²) in [5, 5.41) is 20.8. The SMILES string of the molecule is CCCC(NCC(C)(C)CCCO)C(=O)O. The fraction of sp³-hybridized carbons (Fsp3) is 0.917. The van der Waals surface area contributed by atoms with Crippen LogP contribution in [0.4, 0.5) is 0 Å². The number of hydrogen-bond acceptors (Lipinski definition) is 3. The van der Waals surface area contributed by atoms with E-state index in [2.05, 4.69) is 19.2 Å². The number of carboxylic acids is 1. The van der Waals surface area contributed by atoms with Gasteiger partial charge in [-0.05, 0) is 24.7 Å². The molecule has 0 aliphatic carbocycles. The maximum Gasteiger partial charge on any atom is 0.320 e. The van der Waals surface area contributed by atoms with Crippen LogP contribution < -0.4 is 5.32 Å². The summed E-state index contributed by atoms with van der Waals surface area (Å²) in [6.07, 6.45) is 3.18. The van der Waals surface area contributed by atoms with E-state index in [0.29, 0.717) is 13.0 Å². The molecule has 96 valence electrons. The molecule has 0 aromatic heterocycles. The minimum atomic E-state index is -0.778. The van der Waals surface area contributed by atoms with Gasteiger partial charge in [-0.2, -0.15) is 0 Å². The summed E-state index contributed by atoms with van der Waals surface area (Å²) >= 11 is 0. The molecule has 0 aliphatic heterocycles. The summed E-state index contributed by atoms with van der Waals surface area (Å²) in [4.78, 5) is 10.9. The zero-order chi connectivity index (χ0) is 12.6. The smallest absolute Gasteiger partial charge is 0.320 e. The van der Waals surface area contributed by atoms with Gasteiger partial charge in [0.2, 0.25) is 0 Å². The minimum absolute atomic E-state index is 0.0319. The summed E-state index contributed by atoms with van der Waals surface area (Å²) in [7, 11) is 0. The Morgan fingerprint density at radius 2 is 2.06 bits per heavy atom. The number of aliphatic hydroxyl groups is 1. The molecule has 0 rings (SSSR count). The number of carboxylic acid groups (broad SMARTS) is 1. The predicted molar refractivity (Wildman–Crippen MR) is 64.4 cm³/mol. The maximum absolute atomic E-state index is 10.9. The van der Waals surface area contributed by atoms with E-state index in [1.165, 1.54) is 0 Å². The van der Waals surface area contributed by atoms with Gasteiger partial charge >= 0.3 is 5.97 Å². The van der Waals surface area contributed by atoms with Crippen molar-refractivity contribution in [2.75, 3.05) is 13.2 Å². The molecule has 1 atom stereocenters. The molecular formula is C12H25NO3. The van der Waals surface area contributed by atoms with Gasteiger partial charge in [-0.3, -0.25) is 4.79 Å². The number of aliphatic carboxylic acids is 1. The molecule has 0 bridgehead atoms. The van der Waals surface area contributed by atoms with Crippen molar-refractivity contribution in [3.8, 4) is 0 Å². The van der Waals surface area contributed by atoms with Crippen molar-refractivity contribution in [3.63, 3.8) is 0 Å². The summed E-state index contributed by atoms with van der Waals surface area (Å²) in [6, 6.07) is -0.446. The van der Waals surface area contributed by atoms with Crippen LogP contribution in [0.15, 0.2) is 0 Å². The lowest BCUT2D eigenvalue weighted by atomic mass is 9.87. The van der Waals surface area contributed by atoms with E-state index in [0.717, 1.165) is 19.3 Å². The fourth-order valence-corrected chi connectivity index (χ4v) is 1.65. The van der Waals surface area contributed by atoms with Crippen LogP contribution in [0.3, 0.4) is 0 Å². The molecule has 0 saturated heterocycles. The Morgan fingerprint density at radius 1 is 1.44 bits per heavy atom. The van der Waals surface area contributed by atoms with Gasteiger partial charge in [-0.1, -0.05) is 27.2 Å². The van der Waals surface area contributed by atoms with Crippen molar-refractivity contribution in [2.45, 2.75) is 52.5 Å². The Kier molecular flexibility index (Phi) is 7.34. The molecular weight excluding hydrogens is 206 g/mol. The van der Waals surface area contributed by atoms with Crippen LogP contribution in [-0.4, -0.2) is 35.4 Å². The third-order valence-corrected chi connectivity index (χ3v) is 2.71. The average Bonchev–Trinajstić information content (AvgIpc) is 2.21. The first-order valence-corrected chi connectivity index (χ1v) is 6.00. The molecule has 0 heterocycles. The van der Waals surface area contributed by atoms with Crippen LogP contribution in [-0.2, 0) is 4.79 Å². The Morgan fingerprint density at radius 3 is 2.50 bits per heavy atom. The van der Waals surface area contributed by atoms with Crippen LogP contribution in [0.2, 0.25) is 0 Å². The molecule has 0 radical (unpaired) electrons. The molecule has 4 heteroatoms. The monoisotopic (exact) mass is 231 g/mol. The number of nitrogens with one attached hydrogen (secondary N) is 1. The van der Waals surface area contributed by atoms with Gasteiger partial charge in [0.25, 0.3) is 0 Å². The molecule has 0 aliphatic rings. The third kappa shape index (κ3) is 6.80. The lowest BCUT2D eigenvalue weighted by Crippen LogP contribution is -2.41.